The van der Waals surface area contributed by atoms with E-state index in [4.69, 9.17) is 0 Å². The van der Waals surface area contributed by atoms with Crippen LogP contribution in [0.25, 0.3) is 16.6 Å². The summed E-state index contributed by atoms with van der Waals surface area (Å²) in [6.45, 7) is 9.04. The first kappa shape index (κ1) is 19.9. The summed E-state index contributed by atoms with van der Waals surface area (Å²) in [6, 6.07) is 16.5. The van der Waals surface area contributed by atoms with Gasteiger partial charge in [0.25, 0.3) is 0 Å². The third kappa shape index (κ3) is 4.22. The van der Waals surface area contributed by atoms with Crippen molar-refractivity contribution in [3.63, 3.8) is 0 Å². The van der Waals surface area contributed by atoms with Crippen LogP contribution < -0.4 is 0 Å². The number of hydrogen-bond acceptors (Lipinski definition) is 1. The molecular formula is C22H27IrN2-. The summed E-state index contributed by atoms with van der Waals surface area (Å²) in [5.74, 6) is 1.16. The van der Waals surface area contributed by atoms with E-state index in [2.05, 4.69) is 69.2 Å². The van der Waals surface area contributed by atoms with Crippen molar-refractivity contribution in [3.8, 4) is 5.69 Å². The summed E-state index contributed by atoms with van der Waals surface area (Å²) < 4.78 is 2.01. The number of hydrogen-bond donors (Lipinski definition) is 0. The molecule has 25 heavy (non-hydrogen) atoms. The van der Waals surface area contributed by atoms with Crippen LogP contribution in [0.4, 0.5) is 0 Å². The van der Waals surface area contributed by atoms with Crippen molar-refractivity contribution in [3.05, 3.63) is 59.8 Å². The molecule has 0 saturated heterocycles. The molecule has 1 radical (unpaired) electrons. The van der Waals surface area contributed by atoms with Gasteiger partial charge in [0, 0.05) is 25.5 Å². The first-order valence-corrected chi connectivity index (χ1v) is 9.13. The quantitative estimate of drug-likeness (QED) is 0.358. The molecule has 3 aromatic rings. The van der Waals surface area contributed by atoms with Crippen molar-refractivity contribution in [1.29, 1.82) is 0 Å². The SMILES string of the molecule is CCCC(C)c1ccc2c(cnn2-c2[c-]ccc(C(C)CC)c2)c1.[Ir]. The number of nitrogens with zero attached hydrogens (tertiary/aromatic N) is 2. The zero-order valence-corrected chi connectivity index (χ0v) is 17.9. The van der Waals surface area contributed by atoms with Crippen LogP contribution in [0.2, 0.25) is 0 Å². The van der Waals surface area contributed by atoms with Crippen molar-refractivity contribution >= 4 is 10.9 Å². The first-order valence-electron chi connectivity index (χ1n) is 9.13. The zero-order valence-electron chi connectivity index (χ0n) is 15.5. The van der Waals surface area contributed by atoms with Crippen LogP contribution in [-0.2, 0) is 20.1 Å². The monoisotopic (exact) mass is 512 g/mol. The molecule has 2 nitrogen and oxygen atoms in total. The molecule has 135 valence electrons. The molecule has 1 aromatic heterocycles. The molecule has 2 unspecified atom stereocenters. The maximum atomic E-state index is 4.62. The van der Waals surface area contributed by atoms with Gasteiger partial charge in [-0.25, -0.2) is 0 Å². The standard InChI is InChI=1S/C22H27N2.Ir/c1-5-8-17(4)19-11-12-22-20(13-19)15-23-24(22)21-10-7-9-18(14-21)16(3)6-2;/h7,9,11-17H,5-6,8H2,1-4H3;/q-1;. The molecule has 1 heterocycles. The van der Waals surface area contributed by atoms with Crippen molar-refractivity contribution < 1.29 is 20.1 Å². The Kier molecular flexibility index (Phi) is 6.98. The molecule has 0 aliphatic carbocycles. The third-order valence-electron chi connectivity index (χ3n) is 5.10. The van der Waals surface area contributed by atoms with Crippen molar-refractivity contribution in [2.75, 3.05) is 0 Å². The Labute approximate surface area is 165 Å². The van der Waals surface area contributed by atoms with Crippen LogP contribution in [0, 0.1) is 6.07 Å². The Hall–Kier alpha value is -1.44. The molecule has 0 bridgehead atoms. The fraction of sp³-hybridized carbons (Fsp3) is 0.409. The first-order chi connectivity index (χ1) is 11.6. The van der Waals surface area contributed by atoms with Gasteiger partial charge >= 0.3 is 0 Å². The van der Waals surface area contributed by atoms with Crippen LogP contribution >= 0.6 is 0 Å². The largest absolute Gasteiger partial charge is 0.258 e. The summed E-state index contributed by atoms with van der Waals surface area (Å²) in [5.41, 5.74) is 4.93. The molecule has 2 aromatic carbocycles. The number of benzene rings is 2. The summed E-state index contributed by atoms with van der Waals surface area (Å²) in [6.07, 6.45) is 5.56. The van der Waals surface area contributed by atoms with Gasteiger partial charge in [-0.05, 0) is 41.6 Å². The van der Waals surface area contributed by atoms with Crippen LogP contribution in [-0.4, -0.2) is 9.78 Å². The van der Waals surface area contributed by atoms with E-state index >= 15 is 0 Å². The Bertz CT molecular complexity index is 822. The van der Waals surface area contributed by atoms with Gasteiger partial charge in [0.2, 0.25) is 0 Å². The van der Waals surface area contributed by atoms with E-state index in [-0.39, 0.29) is 20.1 Å². The van der Waals surface area contributed by atoms with E-state index in [0.717, 1.165) is 17.6 Å². The summed E-state index contributed by atoms with van der Waals surface area (Å²) in [5, 5.41) is 5.83. The van der Waals surface area contributed by atoms with Crippen molar-refractivity contribution in [2.45, 2.75) is 58.8 Å². The second-order valence-electron chi connectivity index (χ2n) is 6.88. The Morgan fingerprint density at radius 3 is 2.52 bits per heavy atom. The molecule has 0 N–H and O–H groups in total. The van der Waals surface area contributed by atoms with Crippen molar-refractivity contribution in [1.82, 2.24) is 9.78 Å². The van der Waals surface area contributed by atoms with E-state index in [9.17, 15) is 0 Å². The van der Waals surface area contributed by atoms with Crippen LogP contribution in [0.15, 0.2) is 42.6 Å². The molecule has 3 rings (SSSR count). The normalized spacial score (nSPS) is 13.4. The molecule has 3 heteroatoms. The van der Waals surface area contributed by atoms with Crippen LogP contribution in [0.3, 0.4) is 0 Å². The summed E-state index contributed by atoms with van der Waals surface area (Å²) in [4.78, 5) is 0. The van der Waals surface area contributed by atoms with Gasteiger partial charge in [0.1, 0.15) is 0 Å². The van der Waals surface area contributed by atoms with E-state index < -0.39 is 0 Å². The van der Waals surface area contributed by atoms with Crippen LogP contribution in [0.1, 0.15) is 69.9 Å². The number of fused-ring (bicyclic) bond motifs is 1. The summed E-state index contributed by atoms with van der Waals surface area (Å²) in [7, 11) is 0. The molecule has 0 saturated carbocycles. The van der Waals surface area contributed by atoms with E-state index in [1.165, 1.54) is 29.4 Å². The van der Waals surface area contributed by atoms with E-state index in [1.54, 1.807) is 0 Å². The predicted molar refractivity (Wildman–Crippen MR) is 102 cm³/mol. The average molecular weight is 512 g/mol. The van der Waals surface area contributed by atoms with Gasteiger partial charge in [-0.2, -0.15) is 28.9 Å². The van der Waals surface area contributed by atoms with E-state index in [1.807, 2.05) is 16.9 Å². The Morgan fingerprint density at radius 2 is 1.80 bits per heavy atom. The Morgan fingerprint density at radius 1 is 1.04 bits per heavy atom. The van der Waals surface area contributed by atoms with Gasteiger partial charge in [-0.3, -0.25) is 4.68 Å². The fourth-order valence-corrected chi connectivity index (χ4v) is 3.29. The van der Waals surface area contributed by atoms with Crippen LogP contribution in [0.5, 0.6) is 0 Å². The molecule has 0 spiro atoms. The molecule has 0 aliphatic heterocycles. The van der Waals surface area contributed by atoms with Gasteiger partial charge in [-0.15, -0.1) is 6.07 Å². The topological polar surface area (TPSA) is 17.8 Å². The summed E-state index contributed by atoms with van der Waals surface area (Å²) >= 11 is 0. The van der Waals surface area contributed by atoms with Gasteiger partial charge in [0.05, 0.1) is 11.7 Å². The number of aromatic nitrogens is 2. The van der Waals surface area contributed by atoms with Gasteiger partial charge in [0.15, 0.2) is 0 Å². The Balaban J connectivity index is 0.00000225. The van der Waals surface area contributed by atoms with Gasteiger partial charge < -0.3 is 0 Å². The van der Waals surface area contributed by atoms with Crippen molar-refractivity contribution in [2.24, 2.45) is 0 Å². The maximum absolute atomic E-state index is 4.62. The second-order valence-corrected chi connectivity index (χ2v) is 6.88. The smallest absolute Gasteiger partial charge is 0.0716 e. The van der Waals surface area contributed by atoms with E-state index in [0.29, 0.717) is 11.8 Å². The number of rotatable bonds is 6. The van der Waals surface area contributed by atoms with Gasteiger partial charge in [-0.1, -0.05) is 46.6 Å². The third-order valence-corrected chi connectivity index (χ3v) is 5.10. The molecule has 0 amide bonds. The predicted octanol–water partition coefficient (Wildman–Crippen LogP) is 6.24. The zero-order chi connectivity index (χ0) is 17.1. The minimum Gasteiger partial charge on any atom is -0.258 e. The minimum absolute atomic E-state index is 0. The fourth-order valence-electron chi connectivity index (χ4n) is 3.29. The molecular weight excluding hydrogens is 484 g/mol. The maximum Gasteiger partial charge on any atom is 0.0716 e. The molecule has 0 fully saturated rings. The second kappa shape index (κ2) is 8.78. The molecule has 0 aliphatic rings. The average Bonchev–Trinajstić information content (AvgIpc) is 3.04. The molecule has 2 atom stereocenters. The minimum atomic E-state index is 0.